The highest BCUT2D eigenvalue weighted by Gasteiger charge is 2.52. The van der Waals surface area contributed by atoms with E-state index in [1.807, 2.05) is 30.3 Å². The van der Waals surface area contributed by atoms with Gasteiger partial charge in [0, 0.05) is 5.56 Å². The number of esters is 1. The Morgan fingerprint density at radius 3 is 2.40 bits per heavy atom. The van der Waals surface area contributed by atoms with E-state index in [1.165, 1.54) is 0 Å². The van der Waals surface area contributed by atoms with Crippen molar-refractivity contribution in [1.29, 1.82) is 0 Å². The molecule has 5 heteroatoms. The highest BCUT2D eigenvalue weighted by Crippen LogP contribution is 2.49. The summed E-state index contributed by atoms with van der Waals surface area (Å²) in [5.41, 5.74) is 0.822. The second-order valence-corrected chi connectivity index (χ2v) is 6.31. The van der Waals surface area contributed by atoms with Gasteiger partial charge in [-0.25, -0.2) is 0 Å². The standard InChI is InChI=1S/C20H18O5/c21-16(14-6-7-17-18(12-14)24-11-10-23-17)13-25-19(22)20(8-9-20)15-4-2-1-3-5-15/h1-7,12H,8-11,13H2. The van der Waals surface area contributed by atoms with E-state index in [0.717, 1.165) is 18.4 Å². The molecule has 0 saturated heterocycles. The van der Waals surface area contributed by atoms with Crippen molar-refractivity contribution in [3.63, 3.8) is 0 Å². The summed E-state index contributed by atoms with van der Waals surface area (Å²) >= 11 is 0. The molecule has 0 unspecified atom stereocenters. The molecule has 1 heterocycles. The largest absolute Gasteiger partial charge is 0.486 e. The summed E-state index contributed by atoms with van der Waals surface area (Å²) in [4.78, 5) is 24.8. The first-order valence-corrected chi connectivity index (χ1v) is 8.35. The maximum atomic E-state index is 12.5. The number of benzene rings is 2. The van der Waals surface area contributed by atoms with Crippen LogP contribution in [0.25, 0.3) is 0 Å². The smallest absolute Gasteiger partial charge is 0.317 e. The van der Waals surface area contributed by atoms with E-state index in [1.54, 1.807) is 18.2 Å². The molecule has 0 amide bonds. The van der Waals surface area contributed by atoms with Gasteiger partial charge in [-0.05, 0) is 36.6 Å². The Bertz CT molecular complexity index is 808. The number of ketones is 1. The zero-order chi connectivity index (χ0) is 17.3. The van der Waals surface area contributed by atoms with Crippen LogP contribution in [0.15, 0.2) is 48.5 Å². The third-order valence-corrected chi connectivity index (χ3v) is 4.67. The van der Waals surface area contributed by atoms with Crippen molar-refractivity contribution in [2.75, 3.05) is 19.8 Å². The molecule has 128 valence electrons. The lowest BCUT2D eigenvalue weighted by molar-refractivity contribution is -0.145. The van der Waals surface area contributed by atoms with Crippen molar-refractivity contribution in [2.24, 2.45) is 0 Å². The molecule has 1 saturated carbocycles. The van der Waals surface area contributed by atoms with Crippen LogP contribution in [0.3, 0.4) is 0 Å². The fourth-order valence-corrected chi connectivity index (χ4v) is 3.06. The van der Waals surface area contributed by atoms with Crippen LogP contribution in [0.5, 0.6) is 11.5 Å². The number of carbonyl (C=O) groups excluding carboxylic acids is 2. The number of rotatable bonds is 5. The predicted octanol–water partition coefficient (Wildman–Crippen LogP) is 2.92. The van der Waals surface area contributed by atoms with E-state index in [2.05, 4.69) is 0 Å². The van der Waals surface area contributed by atoms with Crippen molar-refractivity contribution in [3.05, 3.63) is 59.7 Å². The Hall–Kier alpha value is -2.82. The normalized spacial score (nSPS) is 16.8. The highest BCUT2D eigenvalue weighted by molar-refractivity contribution is 5.99. The van der Waals surface area contributed by atoms with Crippen LogP contribution >= 0.6 is 0 Å². The molecule has 0 atom stereocenters. The Morgan fingerprint density at radius 1 is 0.960 bits per heavy atom. The van der Waals surface area contributed by atoms with E-state index in [0.29, 0.717) is 30.3 Å². The average Bonchev–Trinajstić information content (AvgIpc) is 3.48. The number of fused-ring (bicyclic) bond motifs is 1. The average molecular weight is 338 g/mol. The lowest BCUT2D eigenvalue weighted by atomic mass is 9.96. The van der Waals surface area contributed by atoms with Gasteiger partial charge in [0.25, 0.3) is 0 Å². The van der Waals surface area contributed by atoms with Gasteiger partial charge >= 0.3 is 5.97 Å². The highest BCUT2D eigenvalue weighted by atomic mass is 16.6. The molecule has 0 radical (unpaired) electrons. The summed E-state index contributed by atoms with van der Waals surface area (Å²) in [6, 6.07) is 14.6. The van der Waals surface area contributed by atoms with Crippen LogP contribution in [-0.2, 0) is 14.9 Å². The zero-order valence-corrected chi connectivity index (χ0v) is 13.7. The second kappa shape index (κ2) is 6.24. The maximum Gasteiger partial charge on any atom is 0.317 e. The minimum atomic E-state index is -0.575. The van der Waals surface area contributed by atoms with Crippen molar-refractivity contribution >= 4 is 11.8 Å². The topological polar surface area (TPSA) is 61.8 Å². The SMILES string of the molecule is O=C(COC(=O)C1(c2ccccc2)CC1)c1ccc2c(c1)OCCO2. The molecule has 1 aliphatic heterocycles. The molecule has 0 bridgehead atoms. The maximum absolute atomic E-state index is 12.5. The quantitative estimate of drug-likeness (QED) is 0.620. The monoisotopic (exact) mass is 338 g/mol. The second-order valence-electron chi connectivity index (χ2n) is 6.31. The lowest BCUT2D eigenvalue weighted by Gasteiger charge is -2.18. The summed E-state index contributed by atoms with van der Waals surface area (Å²) in [6.07, 6.45) is 1.52. The molecule has 1 fully saturated rings. The third kappa shape index (κ3) is 2.97. The zero-order valence-electron chi connectivity index (χ0n) is 13.7. The molecule has 0 aromatic heterocycles. The number of carbonyl (C=O) groups is 2. The summed E-state index contributed by atoms with van der Waals surface area (Å²) in [6.45, 7) is 0.686. The molecular weight excluding hydrogens is 320 g/mol. The number of hydrogen-bond acceptors (Lipinski definition) is 5. The predicted molar refractivity (Wildman–Crippen MR) is 90.1 cm³/mol. The van der Waals surface area contributed by atoms with E-state index in [4.69, 9.17) is 14.2 Å². The van der Waals surface area contributed by atoms with Crippen molar-refractivity contribution in [1.82, 2.24) is 0 Å². The molecular formula is C20H18O5. The molecule has 5 nitrogen and oxygen atoms in total. The van der Waals surface area contributed by atoms with Gasteiger partial charge in [0.1, 0.15) is 13.2 Å². The van der Waals surface area contributed by atoms with Gasteiger partial charge in [0.2, 0.25) is 0 Å². The van der Waals surface area contributed by atoms with Crippen LogP contribution in [0.1, 0.15) is 28.8 Å². The fourth-order valence-electron chi connectivity index (χ4n) is 3.06. The molecule has 2 aliphatic rings. The van der Waals surface area contributed by atoms with Gasteiger partial charge in [0.15, 0.2) is 23.9 Å². The van der Waals surface area contributed by atoms with Crippen molar-refractivity contribution in [3.8, 4) is 11.5 Å². The van der Waals surface area contributed by atoms with E-state index in [9.17, 15) is 9.59 Å². The van der Waals surface area contributed by atoms with Gasteiger partial charge in [0.05, 0.1) is 5.41 Å². The number of ether oxygens (including phenoxy) is 3. The molecule has 25 heavy (non-hydrogen) atoms. The summed E-state index contributed by atoms with van der Waals surface area (Å²) < 4.78 is 16.2. The minimum Gasteiger partial charge on any atom is -0.486 e. The molecule has 1 aliphatic carbocycles. The third-order valence-electron chi connectivity index (χ3n) is 4.67. The minimum absolute atomic E-state index is 0.255. The fraction of sp³-hybridized carbons (Fsp3) is 0.300. The Balaban J connectivity index is 1.41. The van der Waals surface area contributed by atoms with Gasteiger partial charge in [-0.3, -0.25) is 9.59 Å². The molecule has 2 aromatic carbocycles. The van der Waals surface area contributed by atoms with Gasteiger partial charge in [-0.1, -0.05) is 30.3 Å². The van der Waals surface area contributed by atoms with E-state index in [-0.39, 0.29) is 18.4 Å². The van der Waals surface area contributed by atoms with Crippen LogP contribution < -0.4 is 9.47 Å². The Kier molecular flexibility index (Phi) is 3.92. The summed E-state index contributed by atoms with van der Waals surface area (Å²) in [5.74, 6) is 0.589. The molecule has 4 rings (SSSR count). The van der Waals surface area contributed by atoms with Crippen molar-refractivity contribution < 1.29 is 23.8 Å². The first-order valence-electron chi connectivity index (χ1n) is 8.35. The van der Waals surface area contributed by atoms with Gasteiger partial charge < -0.3 is 14.2 Å². The summed E-state index contributed by atoms with van der Waals surface area (Å²) in [5, 5.41) is 0. The Labute approximate surface area is 145 Å². The van der Waals surface area contributed by atoms with Crippen LogP contribution in [0, 0.1) is 0 Å². The first kappa shape index (κ1) is 15.7. The molecule has 0 spiro atoms. The van der Waals surface area contributed by atoms with E-state index >= 15 is 0 Å². The molecule has 0 N–H and O–H groups in total. The first-order chi connectivity index (χ1) is 12.2. The number of Topliss-reactive ketones (excluding diaryl/α,β-unsaturated/α-hetero) is 1. The Morgan fingerprint density at radius 2 is 1.68 bits per heavy atom. The molecule has 2 aromatic rings. The van der Waals surface area contributed by atoms with Gasteiger partial charge in [-0.2, -0.15) is 0 Å². The van der Waals surface area contributed by atoms with Crippen LogP contribution in [0.4, 0.5) is 0 Å². The summed E-state index contributed by atoms with van der Waals surface area (Å²) in [7, 11) is 0. The van der Waals surface area contributed by atoms with Crippen molar-refractivity contribution in [2.45, 2.75) is 18.3 Å². The van der Waals surface area contributed by atoms with Gasteiger partial charge in [-0.15, -0.1) is 0 Å². The number of hydrogen-bond donors (Lipinski definition) is 0. The van der Waals surface area contributed by atoms with Crippen LogP contribution in [0.2, 0.25) is 0 Å². The van der Waals surface area contributed by atoms with E-state index < -0.39 is 5.41 Å². The van der Waals surface area contributed by atoms with Crippen LogP contribution in [-0.4, -0.2) is 31.6 Å². The lowest BCUT2D eigenvalue weighted by Crippen LogP contribution is -2.26.